The first kappa shape index (κ1) is 15.7. The summed E-state index contributed by atoms with van der Waals surface area (Å²) in [5.41, 5.74) is 0. The van der Waals surface area contributed by atoms with Crippen molar-refractivity contribution in [3.05, 3.63) is 11.6 Å². The predicted octanol–water partition coefficient (Wildman–Crippen LogP) is 1.74. The summed E-state index contributed by atoms with van der Waals surface area (Å²) in [4.78, 5) is 4.95. The number of aromatic nitrogens is 3. The third kappa shape index (κ3) is 3.43. The summed E-state index contributed by atoms with van der Waals surface area (Å²) < 4.78 is 1.72. The minimum absolute atomic E-state index is 0.621. The number of nitrogen functional groups attached to an aromatic ring is 1. The van der Waals surface area contributed by atoms with E-state index in [2.05, 4.69) is 33.8 Å². The second-order valence-electron chi connectivity index (χ2n) is 7.03. The van der Waals surface area contributed by atoms with E-state index < -0.39 is 0 Å². The van der Waals surface area contributed by atoms with Crippen molar-refractivity contribution >= 4 is 0 Å². The van der Waals surface area contributed by atoms with Gasteiger partial charge in [0.25, 0.3) is 0 Å². The van der Waals surface area contributed by atoms with E-state index >= 15 is 0 Å². The summed E-state index contributed by atoms with van der Waals surface area (Å²) in [5, 5.41) is 8.71. The molecular weight excluding hydrogens is 276 g/mol. The van der Waals surface area contributed by atoms with Gasteiger partial charge in [0.05, 0.1) is 13.1 Å². The number of nitrogens with two attached hydrogens (primary N) is 1. The molecule has 2 aliphatic heterocycles. The van der Waals surface area contributed by atoms with Gasteiger partial charge >= 0.3 is 0 Å². The number of nitrogens with zero attached hydrogens (tertiary/aromatic N) is 5. The first-order valence-corrected chi connectivity index (χ1v) is 8.81. The van der Waals surface area contributed by atoms with Crippen molar-refractivity contribution in [2.75, 3.05) is 18.9 Å². The lowest BCUT2D eigenvalue weighted by molar-refractivity contribution is 0.144. The smallest absolute Gasteiger partial charge is 0.165 e. The molecule has 2 aliphatic rings. The van der Waals surface area contributed by atoms with Crippen LogP contribution in [0.25, 0.3) is 0 Å². The van der Waals surface area contributed by atoms with Crippen LogP contribution in [0, 0.1) is 0 Å². The average Bonchev–Trinajstić information content (AvgIpc) is 2.85. The molecule has 0 spiro atoms. The van der Waals surface area contributed by atoms with E-state index in [4.69, 9.17) is 5.84 Å². The van der Waals surface area contributed by atoms with Crippen LogP contribution in [0.4, 0.5) is 0 Å². The Labute approximate surface area is 133 Å². The van der Waals surface area contributed by atoms with Gasteiger partial charge in [-0.25, -0.2) is 4.68 Å². The first-order chi connectivity index (χ1) is 10.6. The summed E-state index contributed by atoms with van der Waals surface area (Å²) in [6.45, 7) is 8.53. The maximum absolute atomic E-state index is 6.27. The molecule has 2 saturated heterocycles. The minimum Gasteiger partial charge on any atom is -0.336 e. The molecule has 0 amide bonds. The van der Waals surface area contributed by atoms with Gasteiger partial charge in [0.15, 0.2) is 11.6 Å². The second-order valence-corrected chi connectivity index (χ2v) is 7.03. The molecule has 0 saturated carbocycles. The Hall–Kier alpha value is -1.14. The van der Waals surface area contributed by atoms with Gasteiger partial charge in [-0.2, -0.15) is 0 Å². The van der Waals surface area contributed by atoms with Gasteiger partial charge in [-0.3, -0.25) is 9.80 Å². The Morgan fingerprint density at radius 2 is 1.32 bits per heavy atom. The largest absolute Gasteiger partial charge is 0.336 e. The number of rotatable bonds is 4. The lowest BCUT2D eigenvalue weighted by Gasteiger charge is -2.33. The van der Waals surface area contributed by atoms with Gasteiger partial charge in [0.1, 0.15) is 0 Å². The van der Waals surface area contributed by atoms with Crippen LogP contribution < -0.4 is 5.84 Å². The van der Waals surface area contributed by atoms with Gasteiger partial charge < -0.3 is 5.84 Å². The third-order valence-corrected chi connectivity index (χ3v) is 5.41. The van der Waals surface area contributed by atoms with Crippen LogP contribution in [-0.2, 0) is 13.1 Å². The molecule has 0 radical (unpaired) electrons. The van der Waals surface area contributed by atoms with Crippen molar-refractivity contribution in [1.29, 1.82) is 0 Å². The molecule has 2 fully saturated rings. The molecule has 0 unspecified atom stereocenters. The summed E-state index contributed by atoms with van der Waals surface area (Å²) in [7, 11) is 0. The minimum atomic E-state index is 0.621. The fourth-order valence-corrected chi connectivity index (χ4v) is 3.72. The van der Waals surface area contributed by atoms with Crippen LogP contribution >= 0.6 is 0 Å². The normalized spacial score (nSPS) is 28.1. The van der Waals surface area contributed by atoms with Crippen LogP contribution in [0.15, 0.2) is 0 Å². The highest BCUT2D eigenvalue weighted by Crippen LogP contribution is 2.20. The highest BCUT2D eigenvalue weighted by Gasteiger charge is 2.23. The molecule has 6 heteroatoms. The lowest BCUT2D eigenvalue weighted by Crippen LogP contribution is -2.39. The highest BCUT2D eigenvalue weighted by atomic mass is 15.4. The molecule has 3 heterocycles. The van der Waals surface area contributed by atoms with E-state index in [-0.39, 0.29) is 0 Å². The van der Waals surface area contributed by atoms with Crippen LogP contribution in [0.2, 0.25) is 0 Å². The van der Waals surface area contributed by atoms with Crippen molar-refractivity contribution in [3.63, 3.8) is 0 Å². The summed E-state index contributed by atoms with van der Waals surface area (Å²) in [6, 6.07) is 1.24. The molecular formula is C16H30N6. The average molecular weight is 306 g/mol. The second kappa shape index (κ2) is 6.96. The molecule has 2 N–H and O–H groups in total. The van der Waals surface area contributed by atoms with E-state index in [0.29, 0.717) is 12.1 Å². The van der Waals surface area contributed by atoms with Gasteiger partial charge in [-0.1, -0.05) is 12.8 Å². The van der Waals surface area contributed by atoms with Gasteiger partial charge in [0.2, 0.25) is 0 Å². The summed E-state index contributed by atoms with van der Waals surface area (Å²) >= 11 is 0. The maximum Gasteiger partial charge on any atom is 0.165 e. The Kier molecular flexibility index (Phi) is 4.98. The molecule has 3 rings (SSSR count). The van der Waals surface area contributed by atoms with Crippen molar-refractivity contribution in [3.8, 4) is 0 Å². The molecule has 0 aliphatic carbocycles. The number of piperidine rings is 2. The zero-order chi connectivity index (χ0) is 15.5. The topological polar surface area (TPSA) is 63.2 Å². The third-order valence-electron chi connectivity index (χ3n) is 5.41. The monoisotopic (exact) mass is 306 g/mol. The summed E-state index contributed by atoms with van der Waals surface area (Å²) in [5.74, 6) is 8.06. The van der Waals surface area contributed by atoms with Crippen molar-refractivity contribution in [1.82, 2.24) is 24.7 Å². The summed E-state index contributed by atoms with van der Waals surface area (Å²) in [6.07, 6.45) is 7.78. The SMILES string of the molecule is C[C@H]1CCCCN1Cc1nnc(CN2CCCC[C@@H]2C)n1N. The maximum atomic E-state index is 6.27. The molecule has 1 aromatic rings. The zero-order valence-corrected chi connectivity index (χ0v) is 14.0. The van der Waals surface area contributed by atoms with E-state index in [1.807, 2.05) is 0 Å². The van der Waals surface area contributed by atoms with Crippen LogP contribution in [0.3, 0.4) is 0 Å². The van der Waals surface area contributed by atoms with Crippen LogP contribution in [0.5, 0.6) is 0 Å². The Morgan fingerprint density at radius 3 is 1.73 bits per heavy atom. The van der Waals surface area contributed by atoms with Crippen molar-refractivity contribution < 1.29 is 0 Å². The molecule has 2 atom stereocenters. The Balaban J connectivity index is 1.63. The molecule has 0 aromatic carbocycles. The number of likely N-dealkylation sites (tertiary alicyclic amines) is 2. The standard InChI is InChI=1S/C16H30N6/c1-13-7-3-5-9-20(13)11-15-18-19-16(22(15)17)12-21-10-6-4-8-14(21)2/h13-14H,3-12,17H2,1-2H3/t13-,14-/m0/s1. The quantitative estimate of drug-likeness (QED) is 0.859. The van der Waals surface area contributed by atoms with Crippen LogP contribution in [-0.4, -0.2) is 49.8 Å². The molecule has 1 aromatic heterocycles. The highest BCUT2D eigenvalue weighted by molar-refractivity contribution is 4.97. The van der Waals surface area contributed by atoms with Gasteiger partial charge in [0, 0.05) is 12.1 Å². The number of hydrogen-bond acceptors (Lipinski definition) is 5. The Bertz CT molecular complexity index is 443. The molecule has 0 bridgehead atoms. The van der Waals surface area contributed by atoms with Crippen molar-refractivity contribution in [2.24, 2.45) is 0 Å². The number of hydrogen-bond donors (Lipinski definition) is 1. The molecule has 6 nitrogen and oxygen atoms in total. The fourth-order valence-electron chi connectivity index (χ4n) is 3.72. The zero-order valence-electron chi connectivity index (χ0n) is 14.0. The van der Waals surface area contributed by atoms with Crippen LogP contribution in [0.1, 0.15) is 64.0 Å². The van der Waals surface area contributed by atoms with Gasteiger partial charge in [-0.05, 0) is 52.6 Å². The predicted molar refractivity (Wildman–Crippen MR) is 87.6 cm³/mol. The Morgan fingerprint density at radius 1 is 0.864 bits per heavy atom. The molecule has 124 valence electrons. The lowest BCUT2D eigenvalue weighted by atomic mass is 10.0. The van der Waals surface area contributed by atoms with E-state index in [9.17, 15) is 0 Å². The van der Waals surface area contributed by atoms with Gasteiger partial charge in [-0.15, -0.1) is 10.2 Å². The van der Waals surface area contributed by atoms with Crippen molar-refractivity contribution in [2.45, 2.75) is 77.5 Å². The molecule has 22 heavy (non-hydrogen) atoms. The first-order valence-electron chi connectivity index (χ1n) is 8.81. The van der Waals surface area contributed by atoms with E-state index in [0.717, 1.165) is 37.8 Å². The van der Waals surface area contributed by atoms with E-state index in [1.54, 1.807) is 4.68 Å². The fraction of sp³-hybridized carbons (Fsp3) is 0.875. The van der Waals surface area contributed by atoms with E-state index in [1.165, 1.54) is 38.5 Å².